The van der Waals surface area contributed by atoms with Crippen molar-refractivity contribution in [2.75, 3.05) is 11.1 Å². The Kier molecular flexibility index (Phi) is 3.06. The molecule has 1 aromatic heterocycles. The van der Waals surface area contributed by atoms with E-state index in [4.69, 9.17) is 5.73 Å². The number of anilines is 3. The smallest absolute Gasteiger partial charge is 0.189 e. The molecule has 0 fully saturated rings. The number of thiazole rings is 1. The van der Waals surface area contributed by atoms with Gasteiger partial charge in [-0.05, 0) is 24.3 Å². The number of nitrogen functional groups attached to an aromatic ring is 1. The van der Waals surface area contributed by atoms with Gasteiger partial charge in [-0.25, -0.2) is 9.37 Å². The van der Waals surface area contributed by atoms with Gasteiger partial charge in [-0.15, -0.1) is 0 Å². The summed E-state index contributed by atoms with van der Waals surface area (Å²) in [5.74, 6) is -0.210. The number of nitrogens with two attached hydrogens (primary N) is 1. The number of halogens is 1. The predicted molar refractivity (Wildman–Crippen MR) is 66.2 cm³/mol. The Balaban J connectivity index is 2.22. The van der Waals surface area contributed by atoms with Crippen LogP contribution in [0.25, 0.3) is 0 Å². The number of carbonyl (C=O) groups is 1. The molecule has 0 amide bonds. The summed E-state index contributed by atoms with van der Waals surface area (Å²) in [4.78, 5) is 15.6. The average Bonchev–Trinajstić information content (AvgIpc) is 2.63. The van der Waals surface area contributed by atoms with Crippen LogP contribution in [0.4, 0.5) is 21.0 Å². The summed E-state index contributed by atoms with van der Waals surface area (Å²) < 4.78 is 12.7. The Morgan fingerprint density at radius 3 is 2.59 bits per heavy atom. The summed E-state index contributed by atoms with van der Waals surface area (Å²) in [7, 11) is 0. The van der Waals surface area contributed by atoms with Crippen molar-refractivity contribution < 1.29 is 9.18 Å². The summed E-state index contributed by atoms with van der Waals surface area (Å²) in [6, 6.07) is 5.84. The van der Waals surface area contributed by atoms with Crippen LogP contribution in [0.2, 0.25) is 0 Å². The Morgan fingerprint density at radius 1 is 1.41 bits per heavy atom. The average molecular weight is 251 g/mol. The molecule has 3 N–H and O–H groups in total. The fraction of sp³-hybridized carbons (Fsp3) is 0.0909. The molecule has 0 atom stereocenters. The molecule has 0 saturated carbocycles. The zero-order chi connectivity index (χ0) is 12.4. The second kappa shape index (κ2) is 4.50. The van der Waals surface area contributed by atoms with Gasteiger partial charge in [0.2, 0.25) is 0 Å². The molecule has 2 aromatic rings. The second-order valence-electron chi connectivity index (χ2n) is 3.42. The van der Waals surface area contributed by atoms with Gasteiger partial charge in [0.25, 0.3) is 0 Å². The number of rotatable bonds is 3. The second-order valence-corrected chi connectivity index (χ2v) is 4.42. The van der Waals surface area contributed by atoms with Crippen molar-refractivity contribution in [3.63, 3.8) is 0 Å². The number of aromatic nitrogens is 1. The van der Waals surface area contributed by atoms with Gasteiger partial charge in [0.15, 0.2) is 10.9 Å². The third-order valence-corrected chi connectivity index (χ3v) is 3.16. The summed E-state index contributed by atoms with van der Waals surface area (Å²) in [5.41, 5.74) is 6.29. The van der Waals surface area contributed by atoms with E-state index in [0.717, 1.165) is 0 Å². The molecule has 0 aliphatic carbocycles. The maximum absolute atomic E-state index is 12.7. The van der Waals surface area contributed by atoms with E-state index in [9.17, 15) is 9.18 Å². The van der Waals surface area contributed by atoms with Gasteiger partial charge >= 0.3 is 0 Å². The molecular formula is C11H10FN3OS. The molecule has 6 heteroatoms. The van der Waals surface area contributed by atoms with E-state index in [1.54, 1.807) is 12.1 Å². The maximum atomic E-state index is 12.7. The molecular weight excluding hydrogens is 241 g/mol. The third-order valence-electron chi connectivity index (χ3n) is 2.07. The highest BCUT2D eigenvalue weighted by atomic mass is 32.1. The lowest BCUT2D eigenvalue weighted by Crippen LogP contribution is -1.95. The van der Waals surface area contributed by atoms with Gasteiger partial charge in [0.1, 0.15) is 16.5 Å². The molecule has 0 spiro atoms. The number of Topliss-reactive ketones (excluding diaryl/α,β-unsaturated/α-hetero) is 1. The van der Waals surface area contributed by atoms with Crippen LogP contribution >= 0.6 is 11.3 Å². The lowest BCUT2D eigenvalue weighted by atomic mass is 10.3. The fourth-order valence-corrected chi connectivity index (χ4v) is 2.09. The van der Waals surface area contributed by atoms with Crippen molar-refractivity contribution in [2.45, 2.75) is 6.92 Å². The first-order valence-electron chi connectivity index (χ1n) is 4.86. The molecule has 0 saturated heterocycles. The van der Waals surface area contributed by atoms with Crippen LogP contribution < -0.4 is 11.1 Å². The summed E-state index contributed by atoms with van der Waals surface area (Å²) >= 11 is 1.18. The standard InChI is InChI=1S/C11H10FN3OS/c1-6(16)9-10(13)15-11(17-9)14-8-4-2-7(12)3-5-8/h2-5H,13H2,1H3,(H,14,15). The van der Waals surface area contributed by atoms with Crippen molar-refractivity contribution >= 4 is 33.8 Å². The van der Waals surface area contributed by atoms with E-state index in [1.807, 2.05) is 0 Å². The third kappa shape index (κ3) is 2.59. The minimum atomic E-state index is -0.307. The monoisotopic (exact) mass is 251 g/mol. The minimum Gasteiger partial charge on any atom is -0.382 e. The lowest BCUT2D eigenvalue weighted by molar-refractivity contribution is 0.102. The summed E-state index contributed by atoms with van der Waals surface area (Å²) in [6.07, 6.45) is 0. The van der Waals surface area contributed by atoms with Crippen LogP contribution in [-0.2, 0) is 0 Å². The molecule has 88 valence electrons. The first-order chi connectivity index (χ1) is 8.06. The molecule has 1 heterocycles. The highest BCUT2D eigenvalue weighted by Crippen LogP contribution is 2.27. The van der Waals surface area contributed by atoms with Gasteiger partial charge in [0.05, 0.1) is 0 Å². The van der Waals surface area contributed by atoms with E-state index in [0.29, 0.717) is 15.7 Å². The Morgan fingerprint density at radius 2 is 2.06 bits per heavy atom. The van der Waals surface area contributed by atoms with Crippen molar-refractivity contribution in [3.8, 4) is 0 Å². The van der Waals surface area contributed by atoms with Crippen LogP contribution in [0.15, 0.2) is 24.3 Å². The molecule has 0 bridgehead atoms. The quantitative estimate of drug-likeness (QED) is 0.823. The summed E-state index contributed by atoms with van der Waals surface area (Å²) in [6.45, 7) is 1.44. The van der Waals surface area contributed by atoms with Gasteiger partial charge in [-0.2, -0.15) is 0 Å². The minimum absolute atomic E-state index is 0.118. The number of hydrogen-bond donors (Lipinski definition) is 2. The number of nitrogens with one attached hydrogen (secondary N) is 1. The first kappa shape index (κ1) is 11.5. The Bertz CT molecular complexity index is 550. The molecule has 17 heavy (non-hydrogen) atoms. The fourth-order valence-electron chi connectivity index (χ4n) is 1.29. The van der Waals surface area contributed by atoms with Gasteiger partial charge < -0.3 is 11.1 Å². The molecule has 0 radical (unpaired) electrons. The van der Waals surface area contributed by atoms with E-state index in [2.05, 4.69) is 10.3 Å². The van der Waals surface area contributed by atoms with Crippen molar-refractivity contribution in [3.05, 3.63) is 35.0 Å². The number of carbonyl (C=O) groups excluding carboxylic acids is 1. The largest absolute Gasteiger partial charge is 0.382 e. The normalized spacial score (nSPS) is 10.2. The number of hydrogen-bond acceptors (Lipinski definition) is 5. The van der Waals surface area contributed by atoms with Crippen LogP contribution in [0, 0.1) is 5.82 Å². The van der Waals surface area contributed by atoms with Gasteiger partial charge in [0, 0.05) is 12.6 Å². The Labute approximate surface area is 101 Å². The van der Waals surface area contributed by atoms with Crippen LogP contribution in [-0.4, -0.2) is 10.8 Å². The van der Waals surface area contributed by atoms with E-state index >= 15 is 0 Å². The highest BCUT2D eigenvalue weighted by molar-refractivity contribution is 7.18. The topological polar surface area (TPSA) is 68.0 Å². The summed E-state index contributed by atoms with van der Waals surface area (Å²) in [5, 5.41) is 3.47. The SMILES string of the molecule is CC(=O)c1sc(Nc2ccc(F)cc2)nc1N. The molecule has 0 unspecified atom stereocenters. The number of benzene rings is 1. The number of nitrogens with zero attached hydrogens (tertiary/aromatic N) is 1. The van der Waals surface area contributed by atoms with Crippen molar-refractivity contribution in [2.24, 2.45) is 0 Å². The molecule has 2 rings (SSSR count). The molecule has 4 nitrogen and oxygen atoms in total. The maximum Gasteiger partial charge on any atom is 0.189 e. The number of ketones is 1. The van der Waals surface area contributed by atoms with Crippen LogP contribution in [0.5, 0.6) is 0 Å². The van der Waals surface area contributed by atoms with E-state index in [-0.39, 0.29) is 17.4 Å². The zero-order valence-corrected chi connectivity index (χ0v) is 9.84. The van der Waals surface area contributed by atoms with Gasteiger partial charge in [-0.3, -0.25) is 4.79 Å². The molecule has 1 aromatic carbocycles. The molecule has 0 aliphatic rings. The predicted octanol–water partition coefficient (Wildman–Crippen LogP) is 2.81. The zero-order valence-electron chi connectivity index (χ0n) is 9.03. The van der Waals surface area contributed by atoms with Crippen LogP contribution in [0.3, 0.4) is 0 Å². The van der Waals surface area contributed by atoms with Crippen LogP contribution in [0.1, 0.15) is 16.6 Å². The van der Waals surface area contributed by atoms with E-state index < -0.39 is 0 Å². The highest BCUT2D eigenvalue weighted by Gasteiger charge is 2.12. The molecule has 0 aliphatic heterocycles. The van der Waals surface area contributed by atoms with Crippen molar-refractivity contribution in [1.82, 2.24) is 4.98 Å². The van der Waals surface area contributed by atoms with Gasteiger partial charge in [-0.1, -0.05) is 11.3 Å². The lowest BCUT2D eigenvalue weighted by Gasteiger charge is -2.00. The first-order valence-corrected chi connectivity index (χ1v) is 5.68. The van der Waals surface area contributed by atoms with E-state index in [1.165, 1.54) is 30.4 Å². The Hall–Kier alpha value is -1.95. The van der Waals surface area contributed by atoms with Crippen molar-refractivity contribution in [1.29, 1.82) is 0 Å².